The molecule has 140 valence electrons. The number of likely N-dealkylation sites (tertiary alicyclic amines) is 2. The van der Waals surface area contributed by atoms with Gasteiger partial charge >= 0.3 is 0 Å². The second kappa shape index (κ2) is 7.40. The maximum Gasteiger partial charge on any atom is 0.249 e. The molecule has 1 spiro atoms. The van der Waals surface area contributed by atoms with Crippen LogP contribution in [-0.2, 0) is 9.53 Å². The Morgan fingerprint density at radius 2 is 2.04 bits per heavy atom. The monoisotopic (exact) mass is 346 g/mol. The molecule has 2 saturated heterocycles. The third kappa shape index (κ3) is 4.11. The summed E-state index contributed by atoms with van der Waals surface area (Å²) < 4.78 is 5.97. The molecular formula is C21H34N2O2. The lowest BCUT2D eigenvalue weighted by molar-refractivity contribution is -0.129. The average Bonchev–Trinajstić information content (AvgIpc) is 3.41. The molecule has 1 atom stereocenters. The van der Waals surface area contributed by atoms with E-state index in [1.54, 1.807) is 0 Å². The topological polar surface area (TPSA) is 32.8 Å². The third-order valence-electron chi connectivity index (χ3n) is 6.91. The van der Waals surface area contributed by atoms with Gasteiger partial charge in [0.05, 0.1) is 6.61 Å². The van der Waals surface area contributed by atoms with Gasteiger partial charge in [-0.2, -0.15) is 0 Å². The summed E-state index contributed by atoms with van der Waals surface area (Å²) in [6.45, 7) is 4.92. The Morgan fingerprint density at radius 1 is 1.24 bits per heavy atom. The highest BCUT2D eigenvalue weighted by Crippen LogP contribution is 2.43. The highest BCUT2D eigenvalue weighted by atomic mass is 16.5. The second-order valence-electron chi connectivity index (χ2n) is 9.02. The van der Waals surface area contributed by atoms with Crippen LogP contribution in [0.4, 0.5) is 0 Å². The van der Waals surface area contributed by atoms with Gasteiger partial charge in [-0.15, -0.1) is 0 Å². The van der Waals surface area contributed by atoms with Crippen molar-refractivity contribution in [2.24, 2.45) is 11.3 Å². The number of rotatable bonds is 5. The molecule has 4 rings (SSSR count). The Bertz CT molecular complexity index is 518. The average molecular weight is 347 g/mol. The number of carbonyl (C=O) groups excluding carboxylic acids is 1. The van der Waals surface area contributed by atoms with Gasteiger partial charge in [0, 0.05) is 37.9 Å². The minimum atomic E-state index is 0.324. The fraction of sp³-hybridized carbons (Fsp3) is 0.857. The van der Waals surface area contributed by atoms with Gasteiger partial charge in [-0.3, -0.25) is 4.79 Å². The zero-order chi connectivity index (χ0) is 17.3. The second-order valence-corrected chi connectivity index (χ2v) is 9.02. The lowest BCUT2D eigenvalue weighted by atomic mass is 9.76. The first-order valence-corrected chi connectivity index (χ1v) is 10.4. The van der Waals surface area contributed by atoms with Gasteiger partial charge in [-0.05, 0) is 76.2 Å². The Hall–Kier alpha value is -0.870. The molecule has 0 aromatic heterocycles. The van der Waals surface area contributed by atoms with Crippen molar-refractivity contribution in [2.75, 3.05) is 39.9 Å². The summed E-state index contributed by atoms with van der Waals surface area (Å²) >= 11 is 0. The predicted octanol–water partition coefficient (Wildman–Crippen LogP) is 3.23. The molecule has 2 aliphatic carbocycles. The van der Waals surface area contributed by atoms with Crippen molar-refractivity contribution in [1.29, 1.82) is 0 Å². The molecule has 0 aromatic carbocycles. The summed E-state index contributed by atoms with van der Waals surface area (Å²) in [7, 11) is 2.25. The SMILES string of the molecule is CN1CC2(CCN(C(=O)C3=CCCCC3)CC2)C[C@@H]1COCC1CC1. The lowest BCUT2D eigenvalue weighted by Gasteiger charge is -2.39. The van der Waals surface area contributed by atoms with Crippen LogP contribution in [0.5, 0.6) is 0 Å². The highest BCUT2D eigenvalue weighted by Gasteiger charge is 2.45. The number of hydrogen-bond acceptors (Lipinski definition) is 3. The van der Waals surface area contributed by atoms with E-state index in [0.717, 1.165) is 63.5 Å². The van der Waals surface area contributed by atoms with Crippen LogP contribution in [0.2, 0.25) is 0 Å². The van der Waals surface area contributed by atoms with Gasteiger partial charge in [0.2, 0.25) is 5.91 Å². The van der Waals surface area contributed by atoms with Crippen molar-refractivity contribution in [3.05, 3.63) is 11.6 Å². The van der Waals surface area contributed by atoms with Gasteiger partial charge < -0.3 is 14.5 Å². The van der Waals surface area contributed by atoms with Crippen LogP contribution >= 0.6 is 0 Å². The van der Waals surface area contributed by atoms with Crippen molar-refractivity contribution >= 4 is 5.91 Å². The summed E-state index contributed by atoms with van der Waals surface area (Å²) in [5, 5.41) is 0. The molecule has 0 bridgehead atoms. The van der Waals surface area contributed by atoms with E-state index >= 15 is 0 Å². The van der Waals surface area contributed by atoms with E-state index in [1.807, 2.05) is 0 Å². The fourth-order valence-corrected chi connectivity index (χ4v) is 5.00. The first-order valence-electron chi connectivity index (χ1n) is 10.4. The van der Waals surface area contributed by atoms with Crippen LogP contribution in [-0.4, -0.2) is 61.6 Å². The zero-order valence-electron chi connectivity index (χ0n) is 15.8. The molecule has 2 heterocycles. The molecule has 0 radical (unpaired) electrons. The molecule has 2 aliphatic heterocycles. The van der Waals surface area contributed by atoms with Crippen LogP contribution in [0.25, 0.3) is 0 Å². The number of allylic oxidation sites excluding steroid dienone is 1. The minimum Gasteiger partial charge on any atom is -0.380 e. The van der Waals surface area contributed by atoms with E-state index in [2.05, 4.69) is 22.9 Å². The number of hydrogen-bond donors (Lipinski definition) is 0. The molecule has 4 aliphatic rings. The molecule has 3 fully saturated rings. The van der Waals surface area contributed by atoms with Crippen LogP contribution in [0, 0.1) is 11.3 Å². The van der Waals surface area contributed by atoms with Gasteiger partial charge in [0.25, 0.3) is 0 Å². The summed E-state index contributed by atoms with van der Waals surface area (Å²) in [4.78, 5) is 17.4. The fourth-order valence-electron chi connectivity index (χ4n) is 5.00. The molecular weight excluding hydrogens is 312 g/mol. The summed E-state index contributed by atoms with van der Waals surface area (Å²) in [5.74, 6) is 1.18. The van der Waals surface area contributed by atoms with Crippen molar-refractivity contribution in [1.82, 2.24) is 9.80 Å². The van der Waals surface area contributed by atoms with Crippen LogP contribution in [0.3, 0.4) is 0 Å². The minimum absolute atomic E-state index is 0.324. The van der Waals surface area contributed by atoms with Crippen LogP contribution in [0.15, 0.2) is 11.6 Å². The molecule has 0 aromatic rings. The Balaban J connectivity index is 1.27. The maximum atomic E-state index is 12.7. The molecule has 25 heavy (non-hydrogen) atoms. The molecule has 1 amide bonds. The number of ether oxygens (including phenoxy) is 1. The molecule has 1 saturated carbocycles. The first kappa shape index (κ1) is 17.5. The largest absolute Gasteiger partial charge is 0.380 e. The quantitative estimate of drug-likeness (QED) is 0.766. The Morgan fingerprint density at radius 3 is 2.72 bits per heavy atom. The Labute approximate surface area is 152 Å². The molecule has 0 unspecified atom stereocenters. The smallest absolute Gasteiger partial charge is 0.249 e. The van der Waals surface area contributed by atoms with Crippen molar-refractivity contribution in [2.45, 2.75) is 63.8 Å². The Kier molecular flexibility index (Phi) is 5.19. The molecule has 4 nitrogen and oxygen atoms in total. The van der Waals surface area contributed by atoms with E-state index in [-0.39, 0.29) is 0 Å². The van der Waals surface area contributed by atoms with E-state index in [9.17, 15) is 4.79 Å². The third-order valence-corrected chi connectivity index (χ3v) is 6.91. The molecule has 0 N–H and O–H groups in total. The number of carbonyl (C=O) groups is 1. The van der Waals surface area contributed by atoms with Gasteiger partial charge in [-0.1, -0.05) is 6.08 Å². The van der Waals surface area contributed by atoms with E-state index in [0.29, 0.717) is 17.4 Å². The summed E-state index contributed by atoms with van der Waals surface area (Å²) in [6.07, 6.45) is 13.0. The summed E-state index contributed by atoms with van der Waals surface area (Å²) in [6, 6.07) is 0.571. The first-order chi connectivity index (χ1) is 12.2. The van der Waals surface area contributed by atoms with Crippen molar-refractivity contribution < 1.29 is 9.53 Å². The van der Waals surface area contributed by atoms with Crippen LogP contribution < -0.4 is 0 Å². The van der Waals surface area contributed by atoms with Crippen molar-refractivity contribution in [3.8, 4) is 0 Å². The van der Waals surface area contributed by atoms with Gasteiger partial charge in [0.15, 0.2) is 0 Å². The van der Waals surface area contributed by atoms with Crippen molar-refractivity contribution in [3.63, 3.8) is 0 Å². The van der Waals surface area contributed by atoms with E-state index in [1.165, 1.54) is 38.6 Å². The number of amides is 1. The lowest BCUT2D eigenvalue weighted by Crippen LogP contribution is -2.44. The number of nitrogens with zero attached hydrogens (tertiary/aromatic N) is 2. The molecule has 4 heteroatoms. The van der Waals surface area contributed by atoms with Crippen LogP contribution in [0.1, 0.15) is 57.8 Å². The summed E-state index contributed by atoms with van der Waals surface area (Å²) in [5.41, 5.74) is 1.50. The standard InChI is InChI=1S/C21H34N2O2/c1-22-16-21(13-19(22)15-25-14-17-7-8-17)9-11-23(12-10-21)20(24)18-5-3-2-4-6-18/h5,17,19H,2-4,6-16H2,1H3/t19-/m1/s1. The highest BCUT2D eigenvalue weighted by molar-refractivity contribution is 5.93. The zero-order valence-corrected chi connectivity index (χ0v) is 15.8. The van der Waals surface area contributed by atoms with Gasteiger partial charge in [-0.25, -0.2) is 0 Å². The van der Waals surface area contributed by atoms with E-state index in [4.69, 9.17) is 4.74 Å². The number of piperidine rings is 1. The van der Waals surface area contributed by atoms with Gasteiger partial charge in [0.1, 0.15) is 0 Å². The normalized spacial score (nSPS) is 29.9. The maximum absolute atomic E-state index is 12.7. The number of likely N-dealkylation sites (N-methyl/N-ethyl adjacent to an activating group) is 1. The van der Waals surface area contributed by atoms with E-state index < -0.39 is 0 Å². The predicted molar refractivity (Wildman–Crippen MR) is 99.4 cm³/mol.